The minimum absolute atomic E-state index is 0.00442. The Kier molecular flexibility index (Phi) is 9.49. The van der Waals surface area contributed by atoms with E-state index >= 15 is 0 Å². The van der Waals surface area contributed by atoms with Crippen LogP contribution in [0.4, 0.5) is 0 Å². The largest absolute Gasteiger partial charge is 0.481 e. The molecule has 0 aliphatic heterocycles. The maximum Gasteiger partial charge on any atom is 0.303 e. The molecule has 100 valence electrons. The van der Waals surface area contributed by atoms with Crippen molar-refractivity contribution in [3.05, 3.63) is 0 Å². The van der Waals surface area contributed by atoms with Gasteiger partial charge in [0, 0.05) is 18.9 Å². The summed E-state index contributed by atoms with van der Waals surface area (Å²) in [6.07, 6.45) is 6.34. The second kappa shape index (κ2) is 10.1. The van der Waals surface area contributed by atoms with Crippen molar-refractivity contribution in [1.82, 2.24) is 5.32 Å². The Balaban J connectivity index is 3.70. The Bertz CT molecular complexity index is 229. The second-order valence-corrected chi connectivity index (χ2v) is 4.42. The van der Waals surface area contributed by atoms with E-state index in [0.717, 1.165) is 25.7 Å². The summed E-state index contributed by atoms with van der Waals surface area (Å²) in [5.41, 5.74) is 0. The number of hydrogen-bond donors (Lipinski definition) is 2. The van der Waals surface area contributed by atoms with Crippen LogP contribution in [0.1, 0.15) is 65.2 Å². The molecule has 0 aromatic carbocycles. The zero-order chi connectivity index (χ0) is 13.1. The maximum absolute atomic E-state index is 11.6. The molecule has 0 aliphatic rings. The van der Waals surface area contributed by atoms with Gasteiger partial charge in [0.2, 0.25) is 5.91 Å². The lowest BCUT2D eigenvalue weighted by Gasteiger charge is -2.15. The van der Waals surface area contributed by atoms with Crippen LogP contribution in [0.5, 0.6) is 0 Å². The van der Waals surface area contributed by atoms with Gasteiger partial charge in [-0.2, -0.15) is 0 Å². The first-order valence-corrected chi connectivity index (χ1v) is 6.61. The Hall–Kier alpha value is -1.06. The fourth-order valence-electron chi connectivity index (χ4n) is 1.69. The van der Waals surface area contributed by atoms with Gasteiger partial charge in [0.05, 0.1) is 0 Å². The molecular formula is C13H25NO3. The lowest BCUT2D eigenvalue weighted by Crippen LogP contribution is -2.34. The molecule has 0 aliphatic carbocycles. The van der Waals surface area contributed by atoms with Crippen molar-refractivity contribution in [3.8, 4) is 0 Å². The van der Waals surface area contributed by atoms with Gasteiger partial charge in [-0.25, -0.2) is 0 Å². The van der Waals surface area contributed by atoms with Crippen LogP contribution < -0.4 is 5.32 Å². The van der Waals surface area contributed by atoms with Crippen LogP contribution >= 0.6 is 0 Å². The molecule has 1 amide bonds. The van der Waals surface area contributed by atoms with E-state index in [4.69, 9.17) is 5.11 Å². The Morgan fingerprint density at radius 3 is 2.35 bits per heavy atom. The van der Waals surface area contributed by atoms with E-state index in [1.165, 1.54) is 6.42 Å². The number of carboxylic acids is 1. The number of nitrogens with one attached hydrogen (secondary N) is 1. The highest BCUT2D eigenvalue weighted by Crippen LogP contribution is 2.05. The molecule has 4 heteroatoms. The summed E-state index contributed by atoms with van der Waals surface area (Å²) in [7, 11) is 0. The second-order valence-electron chi connectivity index (χ2n) is 4.42. The number of carbonyl (C=O) groups excluding carboxylic acids is 1. The maximum atomic E-state index is 11.6. The third-order valence-electron chi connectivity index (χ3n) is 2.82. The molecule has 0 spiro atoms. The molecule has 0 bridgehead atoms. The highest BCUT2D eigenvalue weighted by Gasteiger charge is 2.11. The number of rotatable bonds is 10. The molecule has 0 aromatic heterocycles. The van der Waals surface area contributed by atoms with Crippen LogP contribution in [0.3, 0.4) is 0 Å². The van der Waals surface area contributed by atoms with E-state index in [-0.39, 0.29) is 18.4 Å². The van der Waals surface area contributed by atoms with Crippen LogP contribution in [0.2, 0.25) is 0 Å². The number of carboxylic acid groups (broad SMARTS) is 1. The average Bonchev–Trinajstić information content (AvgIpc) is 2.30. The summed E-state index contributed by atoms with van der Waals surface area (Å²) in [4.78, 5) is 22.0. The van der Waals surface area contributed by atoms with Gasteiger partial charge in [-0.05, 0) is 19.3 Å². The summed E-state index contributed by atoms with van der Waals surface area (Å²) in [6, 6.07) is 0.00442. The zero-order valence-electron chi connectivity index (χ0n) is 11.0. The topological polar surface area (TPSA) is 66.4 Å². The summed E-state index contributed by atoms with van der Waals surface area (Å²) < 4.78 is 0. The fraction of sp³-hybridized carbons (Fsp3) is 0.846. The van der Waals surface area contributed by atoms with Gasteiger partial charge in [0.25, 0.3) is 0 Å². The predicted molar refractivity (Wildman–Crippen MR) is 67.9 cm³/mol. The Labute approximate surface area is 104 Å². The lowest BCUT2D eigenvalue weighted by atomic mass is 10.1. The summed E-state index contributed by atoms with van der Waals surface area (Å²) in [6.45, 7) is 4.10. The Morgan fingerprint density at radius 1 is 1.12 bits per heavy atom. The van der Waals surface area contributed by atoms with E-state index < -0.39 is 5.97 Å². The van der Waals surface area contributed by atoms with E-state index in [1.54, 1.807) is 0 Å². The number of hydrogen-bond acceptors (Lipinski definition) is 2. The number of unbranched alkanes of at least 4 members (excludes halogenated alkanes) is 3. The van der Waals surface area contributed by atoms with Gasteiger partial charge in [-0.1, -0.05) is 33.1 Å². The monoisotopic (exact) mass is 243 g/mol. The predicted octanol–water partition coefficient (Wildman–Crippen LogP) is 2.72. The molecule has 0 rings (SSSR count). The van der Waals surface area contributed by atoms with E-state index in [2.05, 4.69) is 12.2 Å². The van der Waals surface area contributed by atoms with Crippen LogP contribution in [-0.2, 0) is 9.59 Å². The molecule has 0 heterocycles. The quantitative estimate of drug-likeness (QED) is 0.580. The minimum Gasteiger partial charge on any atom is -0.481 e. The number of aliphatic carboxylic acids is 1. The summed E-state index contributed by atoms with van der Waals surface area (Å²) in [5.74, 6) is -0.751. The molecule has 4 nitrogen and oxygen atoms in total. The lowest BCUT2D eigenvalue weighted by molar-refractivity contribution is -0.137. The van der Waals surface area contributed by atoms with Crippen LogP contribution in [0, 0.1) is 0 Å². The van der Waals surface area contributed by atoms with Crippen molar-refractivity contribution in [1.29, 1.82) is 0 Å². The molecule has 0 saturated carbocycles. The molecule has 0 saturated heterocycles. The first-order valence-electron chi connectivity index (χ1n) is 6.61. The normalized spacial score (nSPS) is 12.1. The van der Waals surface area contributed by atoms with Gasteiger partial charge >= 0.3 is 5.97 Å². The van der Waals surface area contributed by atoms with Crippen molar-refractivity contribution in [2.45, 2.75) is 71.3 Å². The van der Waals surface area contributed by atoms with E-state index in [0.29, 0.717) is 12.8 Å². The summed E-state index contributed by atoms with van der Waals surface area (Å²) in [5, 5.41) is 11.5. The third kappa shape index (κ3) is 9.85. The number of carbonyl (C=O) groups is 2. The van der Waals surface area contributed by atoms with Crippen molar-refractivity contribution in [3.63, 3.8) is 0 Å². The smallest absolute Gasteiger partial charge is 0.303 e. The van der Waals surface area contributed by atoms with Crippen molar-refractivity contribution in [2.24, 2.45) is 0 Å². The van der Waals surface area contributed by atoms with E-state index in [1.807, 2.05) is 6.92 Å². The van der Waals surface area contributed by atoms with Gasteiger partial charge in [0.1, 0.15) is 0 Å². The van der Waals surface area contributed by atoms with Gasteiger partial charge in [0.15, 0.2) is 0 Å². The first-order chi connectivity index (χ1) is 8.10. The van der Waals surface area contributed by atoms with Gasteiger partial charge in [-0.3, -0.25) is 9.59 Å². The SMILES string of the molecule is CCCCCCC(=O)NC(CC)CCC(=O)O. The molecule has 0 fully saturated rings. The van der Waals surface area contributed by atoms with Crippen molar-refractivity contribution >= 4 is 11.9 Å². The highest BCUT2D eigenvalue weighted by atomic mass is 16.4. The highest BCUT2D eigenvalue weighted by molar-refractivity contribution is 5.76. The molecular weight excluding hydrogens is 218 g/mol. The first kappa shape index (κ1) is 15.9. The van der Waals surface area contributed by atoms with Crippen molar-refractivity contribution < 1.29 is 14.7 Å². The minimum atomic E-state index is -0.805. The third-order valence-corrected chi connectivity index (χ3v) is 2.82. The van der Waals surface area contributed by atoms with Crippen LogP contribution in [-0.4, -0.2) is 23.0 Å². The van der Waals surface area contributed by atoms with Gasteiger partial charge in [-0.15, -0.1) is 0 Å². The fourth-order valence-corrected chi connectivity index (χ4v) is 1.69. The van der Waals surface area contributed by atoms with Gasteiger partial charge < -0.3 is 10.4 Å². The molecule has 0 aromatic rings. The molecule has 17 heavy (non-hydrogen) atoms. The summed E-state index contributed by atoms with van der Waals surface area (Å²) >= 11 is 0. The molecule has 1 atom stereocenters. The molecule has 1 unspecified atom stereocenters. The standard InChI is InChI=1S/C13H25NO3/c1-3-5-6-7-8-12(15)14-11(4-2)9-10-13(16)17/h11H,3-10H2,1-2H3,(H,14,15)(H,16,17). The molecule has 0 radical (unpaired) electrons. The average molecular weight is 243 g/mol. The zero-order valence-corrected chi connectivity index (χ0v) is 11.0. The van der Waals surface area contributed by atoms with Crippen LogP contribution in [0.15, 0.2) is 0 Å². The van der Waals surface area contributed by atoms with Crippen molar-refractivity contribution in [2.75, 3.05) is 0 Å². The number of amides is 1. The molecule has 2 N–H and O–H groups in total. The van der Waals surface area contributed by atoms with E-state index in [9.17, 15) is 9.59 Å². The van der Waals surface area contributed by atoms with Crippen LogP contribution in [0.25, 0.3) is 0 Å². The Morgan fingerprint density at radius 2 is 1.82 bits per heavy atom.